The molecule has 29 heavy (non-hydrogen) atoms. The van der Waals surface area contributed by atoms with Crippen molar-refractivity contribution in [2.24, 2.45) is 0 Å². The molecular formula is C24H22N2O3. The molecule has 4 aromatic rings. The van der Waals surface area contributed by atoms with Crippen molar-refractivity contribution in [1.82, 2.24) is 5.32 Å². The number of hydrogen-bond donors (Lipinski definition) is 2. The molecule has 1 unspecified atom stereocenters. The molecule has 2 N–H and O–H groups in total. The summed E-state index contributed by atoms with van der Waals surface area (Å²) in [5.41, 5.74) is 2.77. The Kier molecular flexibility index (Phi) is 5.04. The van der Waals surface area contributed by atoms with Crippen molar-refractivity contribution in [3.8, 4) is 0 Å². The Balaban J connectivity index is 1.41. The molecule has 3 aromatic carbocycles. The Morgan fingerprint density at radius 1 is 1.00 bits per heavy atom. The Bertz CT molecular complexity index is 1260. The maximum atomic E-state index is 12.4. The number of benzene rings is 3. The molecule has 1 aromatic heterocycles. The first-order valence-corrected chi connectivity index (χ1v) is 9.56. The smallest absolute Gasteiger partial charge is 0.336 e. The van der Waals surface area contributed by atoms with Gasteiger partial charge in [0.1, 0.15) is 5.58 Å². The highest BCUT2D eigenvalue weighted by atomic mass is 16.4. The van der Waals surface area contributed by atoms with Gasteiger partial charge in [-0.25, -0.2) is 4.79 Å². The quantitative estimate of drug-likeness (QED) is 0.494. The van der Waals surface area contributed by atoms with Gasteiger partial charge in [0.25, 0.3) is 0 Å². The Morgan fingerprint density at radius 3 is 2.62 bits per heavy atom. The summed E-state index contributed by atoms with van der Waals surface area (Å²) in [5.74, 6) is -0.114. The lowest BCUT2D eigenvalue weighted by molar-refractivity contribution is -0.120. The van der Waals surface area contributed by atoms with Gasteiger partial charge in [0.05, 0.1) is 12.6 Å². The normalized spacial score (nSPS) is 12.1. The van der Waals surface area contributed by atoms with Crippen molar-refractivity contribution in [1.29, 1.82) is 0 Å². The number of nitrogens with one attached hydrogen (secondary N) is 2. The molecule has 0 spiro atoms. The minimum atomic E-state index is -0.380. The SMILES string of the molecule is Cc1cc(=O)oc2cc(NCC(=O)NC(C)c3ccc4ccccc4c3)ccc12. The largest absolute Gasteiger partial charge is 0.423 e. The van der Waals surface area contributed by atoms with E-state index in [0.29, 0.717) is 5.58 Å². The van der Waals surface area contributed by atoms with E-state index in [2.05, 4.69) is 34.9 Å². The van der Waals surface area contributed by atoms with Gasteiger partial charge in [-0.05, 0) is 53.9 Å². The summed E-state index contributed by atoms with van der Waals surface area (Å²) in [6.45, 7) is 3.96. The van der Waals surface area contributed by atoms with Crippen LogP contribution in [0.25, 0.3) is 21.7 Å². The highest BCUT2D eigenvalue weighted by Crippen LogP contribution is 2.21. The van der Waals surface area contributed by atoms with Crippen LogP contribution < -0.4 is 16.3 Å². The molecule has 0 saturated carbocycles. The van der Waals surface area contributed by atoms with Gasteiger partial charge < -0.3 is 15.1 Å². The Morgan fingerprint density at radius 2 is 1.79 bits per heavy atom. The molecule has 4 rings (SSSR count). The van der Waals surface area contributed by atoms with Crippen LogP contribution in [0.3, 0.4) is 0 Å². The summed E-state index contributed by atoms with van der Waals surface area (Å²) in [6, 6.07) is 21.2. The molecule has 0 fully saturated rings. The minimum absolute atomic E-state index is 0.105. The summed E-state index contributed by atoms with van der Waals surface area (Å²) < 4.78 is 5.25. The summed E-state index contributed by atoms with van der Waals surface area (Å²) in [7, 11) is 0. The molecular weight excluding hydrogens is 364 g/mol. The summed E-state index contributed by atoms with van der Waals surface area (Å²) >= 11 is 0. The highest BCUT2D eigenvalue weighted by Gasteiger charge is 2.10. The summed E-state index contributed by atoms with van der Waals surface area (Å²) in [6.07, 6.45) is 0. The van der Waals surface area contributed by atoms with Crippen molar-refractivity contribution in [3.05, 3.63) is 88.3 Å². The van der Waals surface area contributed by atoms with Gasteiger partial charge in [0.15, 0.2) is 0 Å². The monoisotopic (exact) mass is 386 g/mol. The average molecular weight is 386 g/mol. The zero-order valence-electron chi connectivity index (χ0n) is 16.4. The first kappa shape index (κ1) is 18.7. The van der Waals surface area contributed by atoms with E-state index in [9.17, 15) is 9.59 Å². The van der Waals surface area contributed by atoms with Gasteiger partial charge in [0.2, 0.25) is 5.91 Å². The van der Waals surface area contributed by atoms with Crippen LogP contribution in [-0.2, 0) is 4.79 Å². The molecule has 1 heterocycles. The van der Waals surface area contributed by atoms with Crippen molar-refractivity contribution in [2.45, 2.75) is 19.9 Å². The fraction of sp³-hybridized carbons (Fsp3) is 0.167. The van der Waals surface area contributed by atoms with Crippen molar-refractivity contribution < 1.29 is 9.21 Å². The highest BCUT2D eigenvalue weighted by molar-refractivity contribution is 5.86. The summed E-state index contributed by atoms with van der Waals surface area (Å²) in [4.78, 5) is 24.0. The van der Waals surface area contributed by atoms with Gasteiger partial charge in [0, 0.05) is 23.2 Å². The van der Waals surface area contributed by atoms with Gasteiger partial charge in [-0.2, -0.15) is 0 Å². The molecule has 0 bridgehead atoms. The molecule has 1 atom stereocenters. The number of aryl methyl sites for hydroxylation is 1. The summed E-state index contributed by atoms with van der Waals surface area (Å²) in [5, 5.41) is 9.30. The number of carbonyl (C=O) groups excluding carboxylic acids is 1. The predicted molar refractivity (Wildman–Crippen MR) is 116 cm³/mol. The lowest BCUT2D eigenvalue weighted by Gasteiger charge is -2.16. The third-order valence-electron chi connectivity index (χ3n) is 5.06. The van der Waals surface area contributed by atoms with Crippen molar-refractivity contribution >= 4 is 33.3 Å². The fourth-order valence-corrected chi connectivity index (χ4v) is 3.47. The zero-order chi connectivity index (χ0) is 20.4. The molecule has 5 heteroatoms. The van der Waals surface area contributed by atoms with Crippen LogP contribution in [0.5, 0.6) is 0 Å². The topological polar surface area (TPSA) is 71.3 Å². The minimum Gasteiger partial charge on any atom is -0.423 e. The van der Waals surface area contributed by atoms with Gasteiger partial charge in [-0.15, -0.1) is 0 Å². The second kappa shape index (κ2) is 7.80. The van der Waals surface area contributed by atoms with Crippen LogP contribution in [0.1, 0.15) is 24.1 Å². The van der Waals surface area contributed by atoms with Crippen LogP contribution >= 0.6 is 0 Å². The number of fused-ring (bicyclic) bond motifs is 2. The van der Waals surface area contributed by atoms with Crippen LogP contribution in [0, 0.1) is 6.92 Å². The Labute approximate surface area is 168 Å². The number of amides is 1. The van der Waals surface area contributed by atoms with Gasteiger partial charge in [-0.1, -0.05) is 36.4 Å². The molecule has 0 aliphatic heterocycles. The van der Waals surface area contributed by atoms with E-state index in [-0.39, 0.29) is 24.1 Å². The third kappa shape index (κ3) is 4.14. The predicted octanol–water partition coefficient (Wildman–Crippen LogP) is 4.54. The van der Waals surface area contributed by atoms with Crippen LogP contribution in [-0.4, -0.2) is 12.5 Å². The second-order valence-electron chi connectivity index (χ2n) is 7.21. The van der Waals surface area contributed by atoms with Crippen LogP contribution in [0.2, 0.25) is 0 Å². The van der Waals surface area contributed by atoms with E-state index in [0.717, 1.165) is 27.6 Å². The van der Waals surface area contributed by atoms with Gasteiger partial charge in [-0.3, -0.25) is 4.79 Å². The number of rotatable bonds is 5. The lowest BCUT2D eigenvalue weighted by Crippen LogP contribution is -2.32. The van der Waals surface area contributed by atoms with E-state index >= 15 is 0 Å². The van der Waals surface area contributed by atoms with E-state index in [1.165, 1.54) is 11.5 Å². The van der Waals surface area contributed by atoms with Crippen molar-refractivity contribution in [3.63, 3.8) is 0 Å². The maximum absolute atomic E-state index is 12.4. The molecule has 146 valence electrons. The molecule has 0 radical (unpaired) electrons. The fourth-order valence-electron chi connectivity index (χ4n) is 3.47. The first-order valence-electron chi connectivity index (χ1n) is 9.56. The zero-order valence-corrected chi connectivity index (χ0v) is 16.4. The lowest BCUT2D eigenvalue weighted by atomic mass is 10.0. The molecule has 0 aliphatic rings. The van der Waals surface area contributed by atoms with E-state index in [1.807, 2.05) is 44.2 Å². The standard InChI is InChI=1S/C24H22N2O3/c1-15-11-24(28)29-22-13-20(9-10-21(15)22)25-14-23(27)26-16(2)18-8-7-17-5-3-4-6-19(17)12-18/h3-13,16,25H,14H2,1-2H3,(H,26,27). The second-order valence-corrected chi connectivity index (χ2v) is 7.21. The van der Waals surface area contributed by atoms with Crippen molar-refractivity contribution in [2.75, 3.05) is 11.9 Å². The number of anilines is 1. The van der Waals surface area contributed by atoms with Crippen LogP contribution in [0.4, 0.5) is 5.69 Å². The first-order chi connectivity index (χ1) is 14.0. The third-order valence-corrected chi connectivity index (χ3v) is 5.06. The van der Waals surface area contributed by atoms with E-state index in [1.54, 1.807) is 6.07 Å². The molecule has 5 nitrogen and oxygen atoms in total. The molecule has 0 aliphatic carbocycles. The van der Waals surface area contributed by atoms with E-state index in [4.69, 9.17) is 4.42 Å². The molecule has 1 amide bonds. The molecule has 0 saturated heterocycles. The number of carbonyl (C=O) groups is 1. The average Bonchev–Trinajstić information content (AvgIpc) is 2.71. The van der Waals surface area contributed by atoms with Gasteiger partial charge >= 0.3 is 5.63 Å². The Hall–Kier alpha value is -3.60. The maximum Gasteiger partial charge on any atom is 0.336 e. The number of hydrogen-bond acceptors (Lipinski definition) is 4. The van der Waals surface area contributed by atoms with E-state index < -0.39 is 0 Å². The van der Waals surface area contributed by atoms with Crippen LogP contribution in [0.15, 0.2) is 75.9 Å².